The molecule has 1 amide bonds. The summed E-state index contributed by atoms with van der Waals surface area (Å²) in [7, 11) is 0. The van der Waals surface area contributed by atoms with Crippen LogP contribution < -0.4 is 0 Å². The molecule has 1 aromatic heterocycles. The highest BCUT2D eigenvalue weighted by Crippen LogP contribution is 2.25. The molecule has 5 nitrogen and oxygen atoms in total. The smallest absolute Gasteiger partial charge is 0.233 e. The zero-order valence-electron chi connectivity index (χ0n) is 14.7. The normalized spacial score (nSPS) is 17.5. The molecule has 1 aliphatic heterocycles. The Morgan fingerprint density at radius 3 is 2.79 bits per heavy atom. The second-order valence-electron chi connectivity index (χ2n) is 6.68. The molecule has 0 spiro atoms. The minimum Gasteiger partial charge on any atom is -0.342 e. The summed E-state index contributed by atoms with van der Waals surface area (Å²) in [6.07, 6.45) is 1.11. The fourth-order valence-electron chi connectivity index (χ4n) is 3.05. The summed E-state index contributed by atoms with van der Waals surface area (Å²) in [4.78, 5) is 14.3. The molecule has 1 saturated heterocycles. The van der Waals surface area contributed by atoms with Gasteiger partial charge in [-0.3, -0.25) is 9.36 Å². The van der Waals surface area contributed by atoms with Crippen LogP contribution in [-0.2, 0) is 4.79 Å². The number of carbonyl (C=O) groups is 1. The van der Waals surface area contributed by atoms with Gasteiger partial charge in [-0.15, -0.1) is 10.2 Å². The molecular formula is C18H24N4OS. The predicted molar refractivity (Wildman–Crippen MR) is 96.7 cm³/mol. The SMILES string of the molecule is Cc1ccc(C)c(-n2c(C)nnc2SCC(=O)N2CCC(C)C2)c1. The molecule has 128 valence electrons. The Labute approximate surface area is 147 Å². The first-order valence-electron chi connectivity index (χ1n) is 8.36. The standard InChI is InChI=1S/C18H24N4OS/c1-12-5-6-14(3)16(9-12)22-15(4)19-20-18(22)24-11-17(23)21-8-7-13(2)10-21/h5-6,9,13H,7-8,10-11H2,1-4H3. The predicted octanol–water partition coefficient (Wildman–Crippen LogP) is 3.15. The van der Waals surface area contributed by atoms with Gasteiger partial charge < -0.3 is 4.90 Å². The van der Waals surface area contributed by atoms with E-state index in [0.717, 1.165) is 36.2 Å². The molecule has 2 aromatic rings. The Bertz CT molecular complexity index is 755. The zero-order chi connectivity index (χ0) is 17.3. The summed E-state index contributed by atoms with van der Waals surface area (Å²) in [5.41, 5.74) is 3.45. The molecular weight excluding hydrogens is 320 g/mol. The lowest BCUT2D eigenvalue weighted by molar-refractivity contribution is -0.127. The van der Waals surface area contributed by atoms with Gasteiger partial charge in [0.25, 0.3) is 0 Å². The monoisotopic (exact) mass is 344 g/mol. The van der Waals surface area contributed by atoms with E-state index in [1.54, 1.807) is 0 Å². The van der Waals surface area contributed by atoms with Crippen molar-refractivity contribution in [3.8, 4) is 5.69 Å². The van der Waals surface area contributed by atoms with Crippen molar-refractivity contribution in [3.05, 3.63) is 35.2 Å². The second kappa shape index (κ2) is 6.97. The van der Waals surface area contributed by atoms with Crippen molar-refractivity contribution < 1.29 is 4.79 Å². The van der Waals surface area contributed by atoms with E-state index in [9.17, 15) is 4.79 Å². The van der Waals surface area contributed by atoms with Crippen LogP contribution in [-0.4, -0.2) is 44.4 Å². The Balaban J connectivity index is 1.78. The maximum atomic E-state index is 12.4. The third-order valence-corrected chi connectivity index (χ3v) is 5.42. The maximum Gasteiger partial charge on any atom is 0.233 e. The molecule has 24 heavy (non-hydrogen) atoms. The molecule has 0 N–H and O–H groups in total. The molecule has 0 aliphatic carbocycles. The Morgan fingerprint density at radius 1 is 1.29 bits per heavy atom. The van der Waals surface area contributed by atoms with Crippen molar-refractivity contribution in [1.82, 2.24) is 19.7 Å². The van der Waals surface area contributed by atoms with Gasteiger partial charge in [0.1, 0.15) is 5.82 Å². The summed E-state index contributed by atoms with van der Waals surface area (Å²) in [6, 6.07) is 6.35. The number of nitrogens with zero attached hydrogens (tertiary/aromatic N) is 4. The van der Waals surface area contributed by atoms with E-state index in [1.807, 2.05) is 16.4 Å². The highest BCUT2D eigenvalue weighted by Gasteiger charge is 2.24. The fourth-order valence-corrected chi connectivity index (χ4v) is 3.95. The van der Waals surface area contributed by atoms with Crippen LogP contribution in [0.1, 0.15) is 30.3 Å². The molecule has 0 bridgehead atoms. The van der Waals surface area contributed by atoms with Gasteiger partial charge in [-0.2, -0.15) is 0 Å². The van der Waals surface area contributed by atoms with Gasteiger partial charge in [-0.25, -0.2) is 0 Å². The van der Waals surface area contributed by atoms with Crippen LogP contribution in [0.3, 0.4) is 0 Å². The molecule has 1 aliphatic rings. The van der Waals surface area contributed by atoms with Crippen LogP contribution in [0, 0.1) is 26.7 Å². The average molecular weight is 344 g/mol. The number of hydrogen-bond acceptors (Lipinski definition) is 4. The molecule has 3 rings (SSSR count). The fraction of sp³-hybridized carbons (Fsp3) is 0.500. The van der Waals surface area contributed by atoms with Gasteiger partial charge >= 0.3 is 0 Å². The topological polar surface area (TPSA) is 51.0 Å². The molecule has 0 saturated carbocycles. The minimum atomic E-state index is 0.192. The number of benzene rings is 1. The molecule has 6 heteroatoms. The van der Waals surface area contributed by atoms with Crippen LogP contribution in [0.2, 0.25) is 0 Å². The lowest BCUT2D eigenvalue weighted by Gasteiger charge is -2.16. The average Bonchev–Trinajstić information content (AvgIpc) is 3.13. The van der Waals surface area contributed by atoms with Crippen LogP contribution in [0.15, 0.2) is 23.4 Å². The van der Waals surface area contributed by atoms with E-state index in [4.69, 9.17) is 0 Å². The highest BCUT2D eigenvalue weighted by molar-refractivity contribution is 7.99. The number of aryl methyl sites for hydroxylation is 3. The lowest BCUT2D eigenvalue weighted by Crippen LogP contribution is -2.30. The van der Waals surface area contributed by atoms with E-state index < -0.39 is 0 Å². The third kappa shape index (κ3) is 3.48. The number of carbonyl (C=O) groups excluding carboxylic acids is 1. The molecule has 1 unspecified atom stereocenters. The summed E-state index contributed by atoms with van der Waals surface area (Å²) in [6.45, 7) is 10.1. The van der Waals surface area contributed by atoms with Gasteiger partial charge in [-0.05, 0) is 50.3 Å². The summed E-state index contributed by atoms with van der Waals surface area (Å²) in [5, 5.41) is 9.28. The Hall–Kier alpha value is -1.82. The first-order chi connectivity index (χ1) is 11.5. The molecule has 1 atom stereocenters. The van der Waals surface area contributed by atoms with E-state index in [-0.39, 0.29) is 5.91 Å². The zero-order valence-corrected chi connectivity index (χ0v) is 15.6. The van der Waals surface area contributed by atoms with Crippen molar-refractivity contribution in [2.45, 2.75) is 39.3 Å². The van der Waals surface area contributed by atoms with Crippen molar-refractivity contribution in [3.63, 3.8) is 0 Å². The first kappa shape index (κ1) is 17.0. The molecule has 2 heterocycles. The van der Waals surface area contributed by atoms with Crippen LogP contribution in [0.25, 0.3) is 5.69 Å². The van der Waals surface area contributed by atoms with E-state index in [2.05, 4.69) is 49.2 Å². The third-order valence-electron chi connectivity index (χ3n) is 4.50. The largest absolute Gasteiger partial charge is 0.342 e. The van der Waals surface area contributed by atoms with Gasteiger partial charge in [-0.1, -0.05) is 30.8 Å². The van der Waals surface area contributed by atoms with Crippen LogP contribution in [0.5, 0.6) is 0 Å². The number of aromatic nitrogens is 3. The second-order valence-corrected chi connectivity index (χ2v) is 7.62. The number of amides is 1. The van der Waals surface area contributed by atoms with Crippen LogP contribution in [0.4, 0.5) is 0 Å². The van der Waals surface area contributed by atoms with Crippen molar-refractivity contribution >= 4 is 17.7 Å². The highest BCUT2D eigenvalue weighted by atomic mass is 32.2. The quantitative estimate of drug-likeness (QED) is 0.800. The van der Waals surface area contributed by atoms with Gasteiger partial charge in [0, 0.05) is 13.1 Å². The summed E-state index contributed by atoms with van der Waals surface area (Å²) < 4.78 is 2.05. The van der Waals surface area contributed by atoms with E-state index >= 15 is 0 Å². The van der Waals surface area contributed by atoms with Crippen molar-refractivity contribution in [1.29, 1.82) is 0 Å². The Kier molecular flexibility index (Phi) is 4.94. The van der Waals surface area contributed by atoms with Gasteiger partial charge in [0.05, 0.1) is 11.4 Å². The van der Waals surface area contributed by atoms with Crippen molar-refractivity contribution in [2.75, 3.05) is 18.8 Å². The van der Waals surface area contributed by atoms with Crippen LogP contribution >= 0.6 is 11.8 Å². The van der Waals surface area contributed by atoms with Gasteiger partial charge in [0.2, 0.25) is 5.91 Å². The summed E-state index contributed by atoms with van der Waals surface area (Å²) in [5.74, 6) is 2.06. The molecule has 1 fully saturated rings. The molecule has 1 aromatic carbocycles. The number of thioether (sulfide) groups is 1. The maximum absolute atomic E-state index is 12.4. The number of hydrogen-bond donors (Lipinski definition) is 0. The molecule has 0 radical (unpaired) electrons. The van der Waals surface area contributed by atoms with E-state index in [1.165, 1.54) is 22.9 Å². The van der Waals surface area contributed by atoms with Gasteiger partial charge in [0.15, 0.2) is 5.16 Å². The minimum absolute atomic E-state index is 0.192. The first-order valence-corrected chi connectivity index (χ1v) is 9.34. The lowest BCUT2D eigenvalue weighted by atomic mass is 10.1. The van der Waals surface area contributed by atoms with Crippen molar-refractivity contribution in [2.24, 2.45) is 5.92 Å². The van der Waals surface area contributed by atoms with E-state index in [0.29, 0.717) is 11.7 Å². The summed E-state index contributed by atoms with van der Waals surface area (Å²) >= 11 is 1.47. The number of likely N-dealkylation sites (tertiary alicyclic amines) is 1. The Morgan fingerprint density at radius 2 is 2.08 bits per heavy atom. The number of rotatable bonds is 4.